The van der Waals surface area contributed by atoms with E-state index in [1.807, 2.05) is 44.2 Å². The number of nitrogens with two attached hydrogens (primary N) is 1. The highest BCUT2D eigenvalue weighted by Crippen LogP contribution is 2.29. The molecule has 3 aromatic rings. The summed E-state index contributed by atoms with van der Waals surface area (Å²) in [5.41, 5.74) is 9.05. The number of rotatable bonds is 6. The Labute approximate surface area is 211 Å². The highest BCUT2D eigenvalue weighted by molar-refractivity contribution is 5.73. The van der Waals surface area contributed by atoms with E-state index in [1.54, 1.807) is 39.1 Å². The monoisotopic (exact) mass is 486 g/mol. The van der Waals surface area contributed by atoms with Crippen molar-refractivity contribution in [2.75, 3.05) is 17.6 Å². The number of pyridine rings is 1. The van der Waals surface area contributed by atoms with Gasteiger partial charge in [-0.05, 0) is 82.5 Å². The predicted octanol–water partition coefficient (Wildman–Crippen LogP) is 5.04. The van der Waals surface area contributed by atoms with Gasteiger partial charge in [0.25, 0.3) is 0 Å². The predicted molar refractivity (Wildman–Crippen MR) is 140 cm³/mol. The Morgan fingerprint density at radius 2 is 1.94 bits per heavy atom. The second-order valence-electron chi connectivity index (χ2n) is 8.88. The number of aryl methyl sites for hydroxylation is 2. The average molecular weight is 487 g/mol. The zero-order valence-corrected chi connectivity index (χ0v) is 21.0. The fourth-order valence-electron chi connectivity index (χ4n) is 2.90. The molecule has 186 valence electrons. The summed E-state index contributed by atoms with van der Waals surface area (Å²) in [4.78, 5) is 24.3. The van der Waals surface area contributed by atoms with Gasteiger partial charge in [0, 0.05) is 17.9 Å². The minimum Gasteiger partial charge on any atom is -0.455 e. The third-order valence-corrected chi connectivity index (χ3v) is 4.59. The van der Waals surface area contributed by atoms with Crippen molar-refractivity contribution in [3.8, 4) is 23.3 Å². The van der Waals surface area contributed by atoms with Crippen LogP contribution in [0.4, 0.5) is 22.0 Å². The van der Waals surface area contributed by atoms with Gasteiger partial charge in [0.05, 0.1) is 6.20 Å². The van der Waals surface area contributed by atoms with E-state index in [-0.39, 0.29) is 6.54 Å². The summed E-state index contributed by atoms with van der Waals surface area (Å²) in [6.07, 6.45) is 5.91. The van der Waals surface area contributed by atoms with Crippen LogP contribution in [0.15, 0.2) is 55.0 Å². The number of carbonyl (C=O) groups is 1. The highest BCUT2D eigenvalue weighted by atomic mass is 16.6. The number of hydrogen-bond donors (Lipinski definition) is 3. The largest absolute Gasteiger partial charge is 0.455 e. The quantitative estimate of drug-likeness (QED) is 0.414. The van der Waals surface area contributed by atoms with Gasteiger partial charge in [-0.3, -0.25) is 4.98 Å². The summed E-state index contributed by atoms with van der Waals surface area (Å²) in [5.74, 6) is 7.59. The lowest BCUT2D eigenvalue weighted by Crippen LogP contribution is -2.32. The number of carbonyl (C=O) groups excluding carboxylic acids is 1. The minimum atomic E-state index is -0.544. The van der Waals surface area contributed by atoms with Crippen LogP contribution < -0.4 is 21.1 Å². The third kappa shape index (κ3) is 8.02. The van der Waals surface area contributed by atoms with Crippen LogP contribution in [-0.2, 0) is 4.74 Å². The summed E-state index contributed by atoms with van der Waals surface area (Å²) in [7, 11) is 0. The molecule has 0 radical (unpaired) electrons. The standard InChI is InChI=1S/C27H30N6O3/c1-18-15-20(11-13-23(18)35-21-12-10-19(2)30-16-21)33-25-24(28)22(31-17-32-25)9-7-6-8-14-29-26(34)36-27(3,4)5/h6,8,10-13,15-17H,14,28H2,1-5H3,(H,29,34)(H,31,32,33). The number of nitrogen functional groups attached to an aromatic ring is 1. The molecule has 0 unspecified atom stereocenters. The van der Waals surface area contributed by atoms with Gasteiger partial charge in [0.2, 0.25) is 0 Å². The molecule has 1 aromatic carbocycles. The molecule has 0 fully saturated rings. The van der Waals surface area contributed by atoms with Gasteiger partial charge in [-0.25, -0.2) is 14.8 Å². The summed E-state index contributed by atoms with van der Waals surface area (Å²) in [6, 6.07) is 9.45. The van der Waals surface area contributed by atoms with E-state index in [9.17, 15) is 4.79 Å². The maximum absolute atomic E-state index is 11.6. The van der Waals surface area contributed by atoms with E-state index in [1.165, 1.54) is 6.33 Å². The molecule has 0 atom stereocenters. The Morgan fingerprint density at radius 3 is 2.64 bits per heavy atom. The maximum Gasteiger partial charge on any atom is 0.407 e. The highest BCUT2D eigenvalue weighted by Gasteiger charge is 2.15. The second kappa shape index (κ2) is 11.7. The molecule has 9 heteroatoms. The molecule has 36 heavy (non-hydrogen) atoms. The number of allylic oxidation sites excluding steroid dienone is 1. The molecule has 2 heterocycles. The lowest BCUT2D eigenvalue weighted by molar-refractivity contribution is 0.0534. The molecule has 0 saturated heterocycles. The number of amides is 1. The van der Waals surface area contributed by atoms with Crippen LogP contribution in [0, 0.1) is 25.7 Å². The van der Waals surface area contributed by atoms with Crippen molar-refractivity contribution in [2.24, 2.45) is 0 Å². The molecular weight excluding hydrogens is 456 g/mol. The number of nitrogens with zero attached hydrogens (tertiary/aromatic N) is 3. The van der Waals surface area contributed by atoms with Crippen molar-refractivity contribution in [1.29, 1.82) is 0 Å². The van der Waals surface area contributed by atoms with Crippen LogP contribution in [0.1, 0.15) is 37.7 Å². The normalized spacial score (nSPS) is 10.9. The van der Waals surface area contributed by atoms with Crippen LogP contribution in [0.5, 0.6) is 11.5 Å². The zero-order chi connectivity index (χ0) is 26.1. The zero-order valence-electron chi connectivity index (χ0n) is 21.0. The average Bonchev–Trinajstić information content (AvgIpc) is 2.80. The van der Waals surface area contributed by atoms with Gasteiger partial charge >= 0.3 is 6.09 Å². The summed E-state index contributed by atoms with van der Waals surface area (Å²) >= 11 is 0. The van der Waals surface area contributed by atoms with Crippen molar-refractivity contribution in [3.63, 3.8) is 0 Å². The first-order valence-electron chi connectivity index (χ1n) is 11.3. The number of anilines is 3. The lowest BCUT2D eigenvalue weighted by Gasteiger charge is -2.19. The molecular formula is C27H30N6O3. The van der Waals surface area contributed by atoms with Crippen molar-refractivity contribution in [2.45, 2.75) is 40.2 Å². The molecule has 9 nitrogen and oxygen atoms in total. The molecule has 0 spiro atoms. The summed E-state index contributed by atoms with van der Waals surface area (Å²) in [6.45, 7) is 9.57. The number of ether oxygens (including phenoxy) is 2. The smallest absolute Gasteiger partial charge is 0.407 e. The fraction of sp³-hybridized carbons (Fsp3) is 0.259. The summed E-state index contributed by atoms with van der Waals surface area (Å²) in [5, 5.41) is 5.82. The van der Waals surface area contributed by atoms with Gasteiger partial charge in [-0.15, -0.1) is 0 Å². The van der Waals surface area contributed by atoms with E-state index >= 15 is 0 Å². The molecule has 0 bridgehead atoms. The molecule has 0 aliphatic carbocycles. The van der Waals surface area contributed by atoms with Crippen molar-refractivity contribution in [1.82, 2.24) is 20.3 Å². The SMILES string of the molecule is Cc1ccc(Oc2ccc(Nc3ncnc(C#CC=CCNC(=O)OC(C)(C)C)c3N)cc2C)cn1. The van der Waals surface area contributed by atoms with Crippen LogP contribution >= 0.6 is 0 Å². The number of nitrogens with one attached hydrogen (secondary N) is 2. The van der Waals surface area contributed by atoms with E-state index in [2.05, 4.69) is 37.4 Å². The first-order chi connectivity index (χ1) is 17.1. The second-order valence-corrected chi connectivity index (χ2v) is 8.88. The molecule has 0 aliphatic rings. The summed E-state index contributed by atoms with van der Waals surface area (Å²) < 4.78 is 11.1. The van der Waals surface area contributed by atoms with E-state index in [0.717, 1.165) is 22.7 Å². The number of aromatic nitrogens is 3. The molecule has 1 amide bonds. The van der Waals surface area contributed by atoms with Gasteiger partial charge in [0.1, 0.15) is 34.8 Å². The van der Waals surface area contributed by atoms with Gasteiger partial charge in [-0.1, -0.05) is 12.0 Å². The molecule has 0 aliphatic heterocycles. The Hall–Kier alpha value is -4.58. The Morgan fingerprint density at radius 1 is 1.14 bits per heavy atom. The molecule has 2 aromatic heterocycles. The molecule has 4 N–H and O–H groups in total. The fourth-order valence-corrected chi connectivity index (χ4v) is 2.90. The van der Waals surface area contributed by atoms with E-state index in [0.29, 0.717) is 22.9 Å². The number of alkyl carbamates (subject to hydrolysis) is 1. The molecule has 3 rings (SSSR count). The van der Waals surface area contributed by atoms with Gasteiger partial charge in [-0.2, -0.15) is 0 Å². The van der Waals surface area contributed by atoms with Gasteiger partial charge in [0.15, 0.2) is 5.82 Å². The maximum atomic E-state index is 11.6. The van der Waals surface area contributed by atoms with Crippen molar-refractivity contribution in [3.05, 3.63) is 72.0 Å². The van der Waals surface area contributed by atoms with E-state index < -0.39 is 11.7 Å². The third-order valence-electron chi connectivity index (χ3n) is 4.59. The van der Waals surface area contributed by atoms with Crippen molar-refractivity contribution >= 4 is 23.3 Å². The Kier molecular flexibility index (Phi) is 8.47. The first-order valence-corrected chi connectivity index (χ1v) is 11.3. The van der Waals surface area contributed by atoms with Crippen LogP contribution in [0.25, 0.3) is 0 Å². The lowest BCUT2D eigenvalue weighted by atomic mass is 10.2. The van der Waals surface area contributed by atoms with Crippen molar-refractivity contribution < 1.29 is 14.3 Å². The first kappa shape index (κ1) is 26.0. The van der Waals surface area contributed by atoms with E-state index in [4.69, 9.17) is 15.2 Å². The minimum absolute atomic E-state index is 0.287. The van der Waals surface area contributed by atoms with Crippen LogP contribution in [0.3, 0.4) is 0 Å². The number of hydrogen-bond acceptors (Lipinski definition) is 8. The Balaban J connectivity index is 1.61. The molecule has 0 saturated carbocycles. The van der Waals surface area contributed by atoms with Crippen LogP contribution in [0.2, 0.25) is 0 Å². The number of benzene rings is 1. The van der Waals surface area contributed by atoms with Gasteiger partial charge < -0.3 is 25.8 Å². The Bertz CT molecular complexity index is 1300. The van der Waals surface area contributed by atoms with Crippen LogP contribution in [-0.4, -0.2) is 33.2 Å². The topological polar surface area (TPSA) is 124 Å².